The summed E-state index contributed by atoms with van der Waals surface area (Å²) in [5.41, 5.74) is 0.582. The summed E-state index contributed by atoms with van der Waals surface area (Å²) in [4.78, 5) is 22.4. The highest BCUT2D eigenvalue weighted by Crippen LogP contribution is 2.27. The van der Waals surface area contributed by atoms with Crippen molar-refractivity contribution in [1.82, 2.24) is 5.32 Å². The Labute approximate surface area is 107 Å². The van der Waals surface area contributed by atoms with Crippen LogP contribution in [-0.4, -0.2) is 23.0 Å². The van der Waals surface area contributed by atoms with Crippen LogP contribution in [0.15, 0.2) is 28.7 Å². The Morgan fingerprint density at radius 3 is 2.65 bits per heavy atom. The topological polar surface area (TPSA) is 66.4 Å². The highest BCUT2D eigenvalue weighted by molar-refractivity contribution is 9.10. The lowest BCUT2D eigenvalue weighted by molar-refractivity contribution is -0.145. The van der Waals surface area contributed by atoms with Gasteiger partial charge in [-0.15, -0.1) is 0 Å². The van der Waals surface area contributed by atoms with Gasteiger partial charge in [0.15, 0.2) is 0 Å². The van der Waals surface area contributed by atoms with Crippen LogP contribution in [0.4, 0.5) is 0 Å². The number of rotatable bonds is 3. The number of carbonyl (C=O) groups is 2. The highest BCUT2D eigenvalue weighted by atomic mass is 79.9. The van der Waals surface area contributed by atoms with Gasteiger partial charge in [0.2, 0.25) is 0 Å². The van der Waals surface area contributed by atoms with Crippen LogP contribution in [0.2, 0.25) is 0 Å². The number of benzene rings is 1. The fraction of sp³-hybridized carbons (Fsp3) is 0.333. The molecule has 4 nitrogen and oxygen atoms in total. The van der Waals surface area contributed by atoms with Crippen molar-refractivity contribution in [2.24, 2.45) is 5.92 Å². The molecular weight excluding hydrogens is 286 g/mol. The molecule has 1 amide bonds. The fourth-order valence-corrected chi connectivity index (χ4v) is 2.24. The second-order valence-corrected chi connectivity index (χ2v) is 5.10. The summed E-state index contributed by atoms with van der Waals surface area (Å²) in [6.45, 7) is 0. The van der Waals surface area contributed by atoms with Gasteiger partial charge < -0.3 is 10.4 Å². The molecule has 1 aromatic carbocycles. The van der Waals surface area contributed by atoms with Gasteiger partial charge in [0, 0.05) is 16.1 Å². The van der Waals surface area contributed by atoms with E-state index in [2.05, 4.69) is 21.2 Å². The summed E-state index contributed by atoms with van der Waals surface area (Å²) in [7, 11) is 0. The van der Waals surface area contributed by atoms with E-state index in [1.54, 1.807) is 18.2 Å². The Balaban J connectivity index is 1.89. The van der Waals surface area contributed by atoms with Gasteiger partial charge in [-0.05, 0) is 31.0 Å². The van der Waals surface area contributed by atoms with Gasteiger partial charge in [-0.1, -0.05) is 22.0 Å². The molecule has 0 atom stereocenters. The molecular formula is C12H12BrNO3. The molecule has 5 heteroatoms. The van der Waals surface area contributed by atoms with Crippen molar-refractivity contribution in [3.63, 3.8) is 0 Å². The third-order valence-corrected chi connectivity index (χ3v) is 3.40. The van der Waals surface area contributed by atoms with E-state index in [4.69, 9.17) is 5.11 Å². The van der Waals surface area contributed by atoms with Gasteiger partial charge in [0.25, 0.3) is 5.91 Å². The first-order valence-corrected chi connectivity index (χ1v) is 6.15. The Hall–Kier alpha value is -1.36. The summed E-state index contributed by atoms with van der Waals surface area (Å²) in [5.74, 6) is -1.24. The van der Waals surface area contributed by atoms with Crippen LogP contribution in [0.5, 0.6) is 0 Å². The van der Waals surface area contributed by atoms with E-state index in [1.807, 2.05) is 6.07 Å². The highest BCUT2D eigenvalue weighted by Gasteiger charge is 2.35. The number of carboxylic acid groups (broad SMARTS) is 1. The van der Waals surface area contributed by atoms with Gasteiger partial charge >= 0.3 is 5.97 Å². The summed E-state index contributed by atoms with van der Waals surface area (Å²) in [5, 5.41) is 11.5. The molecule has 0 aromatic heterocycles. The van der Waals surface area contributed by atoms with Gasteiger partial charge in [0.1, 0.15) is 0 Å². The van der Waals surface area contributed by atoms with Crippen molar-refractivity contribution < 1.29 is 14.7 Å². The number of carboxylic acids is 1. The van der Waals surface area contributed by atoms with Crippen LogP contribution in [-0.2, 0) is 4.79 Å². The predicted molar refractivity (Wildman–Crippen MR) is 65.8 cm³/mol. The van der Waals surface area contributed by atoms with Crippen LogP contribution in [0.25, 0.3) is 0 Å². The molecule has 0 heterocycles. The van der Waals surface area contributed by atoms with Crippen LogP contribution in [0, 0.1) is 5.92 Å². The molecule has 2 rings (SSSR count). The second kappa shape index (κ2) is 4.87. The molecule has 0 aliphatic heterocycles. The summed E-state index contributed by atoms with van der Waals surface area (Å²) in [6.07, 6.45) is 1.05. The Morgan fingerprint density at radius 2 is 2.06 bits per heavy atom. The molecule has 1 aromatic rings. The molecule has 2 N–H and O–H groups in total. The quantitative estimate of drug-likeness (QED) is 0.897. The number of amides is 1. The van der Waals surface area contributed by atoms with Crippen LogP contribution in [0.3, 0.4) is 0 Å². The normalized spacial score (nSPS) is 22.6. The monoisotopic (exact) mass is 297 g/mol. The van der Waals surface area contributed by atoms with Crippen molar-refractivity contribution in [2.45, 2.75) is 18.9 Å². The van der Waals surface area contributed by atoms with Crippen LogP contribution in [0.1, 0.15) is 23.2 Å². The molecule has 17 heavy (non-hydrogen) atoms. The molecule has 1 aliphatic rings. The molecule has 90 valence electrons. The molecule has 0 spiro atoms. The fourth-order valence-electron chi connectivity index (χ4n) is 1.84. The zero-order chi connectivity index (χ0) is 12.4. The van der Waals surface area contributed by atoms with Crippen LogP contribution >= 0.6 is 15.9 Å². The number of hydrogen-bond donors (Lipinski definition) is 2. The maximum Gasteiger partial charge on any atom is 0.306 e. The molecule has 0 radical (unpaired) electrons. The first-order chi connectivity index (χ1) is 8.06. The van der Waals surface area contributed by atoms with Crippen molar-refractivity contribution >= 4 is 27.8 Å². The lowest BCUT2D eigenvalue weighted by Crippen LogP contribution is -2.46. The lowest BCUT2D eigenvalue weighted by atomic mass is 9.80. The van der Waals surface area contributed by atoms with E-state index < -0.39 is 5.97 Å². The lowest BCUT2D eigenvalue weighted by Gasteiger charge is -2.32. The minimum atomic E-state index is -0.780. The first kappa shape index (κ1) is 12.1. The van der Waals surface area contributed by atoms with Crippen molar-refractivity contribution in [3.8, 4) is 0 Å². The van der Waals surface area contributed by atoms with E-state index in [-0.39, 0.29) is 17.9 Å². The minimum Gasteiger partial charge on any atom is -0.481 e. The van der Waals surface area contributed by atoms with Crippen LogP contribution < -0.4 is 5.32 Å². The van der Waals surface area contributed by atoms with Gasteiger partial charge in [0.05, 0.1) is 5.92 Å². The third-order valence-electron chi connectivity index (χ3n) is 2.91. The molecule has 0 bridgehead atoms. The summed E-state index contributed by atoms with van der Waals surface area (Å²) in [6, 6.07) is 7.10. The van der Waals surface area contributed by atoms with Gasteiger partial charge in [-0.2, -0.15) is 0 Å². The van der Waals surface area contributed by atoms with Gasteiger partial charge in [-0.25, -0.2) is 0 Å². The average molecular weight is 298 g/mol. The standard InChI is InChI=1S/C12H12BrNO3/c13-9-3-1-2-7(4-9)11(15)14-10-5-8(6-10)12(16)17/h1-4,8,10H,5-6H2,(H,14,15)(H,16,17). The van der Waals surface area contributed by atoms with E-state index in [9.17, 15) is 9.59 Å². The number of halogens is 1. The maximum absolute atomic E-state index is 11.8. The van der Waals surface area contributed by atoms with Crippen molar-refractivity contribution in [3.05, 3.63) is 34.3 Å². The zero-order valence-corrected chi connectivity index (χ0v) is 10.6. The van der Waals surface area contributed by atoms with Crippen molar-refractivity contribution in [2.75, 3.05) is 0 Å². The smallest absolute Gasteiger partial charge is 0.306 e. The third kappa shape index (κ3) is 2.85. The molecule has 1 aliphatic carbocycles. The number of hydrogen-bond acceptors (Lipinski definition) is 2. The second-order valence-electron chi connectivity index (χ2n) is 4.19. The predicted octanol–water partition coefficient (Wildman–Crippen LogP) is 2.04. The zero-order valence-electron chi connectivity index (χ0n) is 9.02. The van der Waals surface area contributed by atoms with E-state index in [1.165, 1.54) is 0 Å². The molecule has 0 saturated heterocycles. The number of aliphatic carboxylic acids is 1. The van der Waals surface area contributed by atoms with E-state index in [0.717, 1.165) is 4.47 Å². The largest absolute Gasteiger partial charge is 0.481 e. The number of nitrogens with one attached hydrogen (secondary N) is 1. The number of carbonyl (C=O) groups excluding carboxylic acids is 1. The Morgan fingerprint density at radius 1 is 1.35 bits per heavy atom. The maximum atomic E-state index is 11.8. The van der Waals surface area contributed by atoms with Gasteiger partial charge in [-0.3, -0.25) is 9.59 Å². The summed E-state index contributed by atoms with van der Waals surface area (Å²) < 4.78 is 0.849. The Bertz CT molecular complexity index is 455. The Kier molecular flexibility index (Phi) is 3.47. The van der Waals surface area contributed by atoms with Crippen molar-refractivity contribution in [1.29, 1.82) is 0 Å². The molecule has 1 fully saturated rings. The molecule has 1 saturated carbocycles. The molecule has 0 unspecified atom stereocenters. The SMILES string of the molecule is O=C(NC1CC(C(=O)O)C1)c1cccc(Br)c1. The first-order valence-electron chi connectivity index (χ1n) is 5.35. The van der Waals surface area contributed by atoms with E-state index >= 15 is 0 Å². The van der Waals surface area contributed by atoms with E-state index in [0.29, 0.717) is 18.4 Å². The minimum absolute atomic E-state index is 0.0115. The summed E-state index contributed by atoms with van der Waals surface area (Å²) >= 11 is 3.30. The average Bonchev–Trinajstić information content (AvgIpc) is 2.21.